The number of carbonyl (C=O) groups excluding carboxylic acids is 1. The summed E-state index contributed by atoms with van der Waals surface area (Å²) in [5.74, 6) is -0.0630. The van der Waals surface area contributed by atoms with Crippen molar-refractivity contribution in [3.63, 3.8) is 0 Å². The first-order chi connectivity index (χ1) is 10.7. The summed E-state index contributed by atoms with van der Waals surface area (Å²) in [4.78, 5) is 28.0. The van der Waals surface area contributed by atoms with Crippen LogP contribution in [0.4, 0.5) is 0 Å². The Hall–Kier alpha value is -1.09. The molecule has 112 valence electrons. The fourth-order valence-corrected chi connectivity index (χ4v) is 4.75. The Balaban J connectivity index is 1.95. The third-order valence-corrected chi connectivity index (χ3v) is 6.71. The number of nitrogens with one attached hydrogen (secondary N) is 2. The first-order valence-corrected chi connectivity index (χ1v) is 11.4. The monoisotopic (exact) mass is 444 g/mol. The minimum Gasteiger partial charge on any atom is -0.318 e. The molecule has 3 aromatic rings. The summed E-state index contributed by atoms with van der Waals surface area (Å²) in [7, 11) is 0. The number of thiophene rings is 1. The quantitative estimate of drug-likeness (QED) is 0.471. The van der Waals surface area contributed by atoms with Crippen LogP contribution < -0.4 is 10.9 Å². The van der Waals surface area contributed by atoms with Crippen LogP contribution >= 0.6 is 39.8 Å². The third kappa shape index (κ3) is 2.25. The summed E-state index contributed by atoms with van der Waals surface area (Å²) in [5, 5.41) is 8.23. The molecule has 0 spiro atoms. The molecule has 0 saturated carbocycles. The van der Waals surface area contributed by atoms with Gasteiger partial charge in [0.2, 0.25) is 0 Å². The summed E-state index contributed by atoms with van der Waals surface area (Å²) in [6.45, 7) is 0.869. The maximum atomic E-state index is 12.3. The van der Waals surface area contributed by atoms with E-state index in [0.717, 1.165) is 21.4 Å². The molecule has 4 rings (SSSR count). The summed E-state index contributed by atoms with van der Waals surface area (Å²) in [6, 6.07) is 1.99. The number of nitrogens with zero attached hydrogens (tertiary/aromatic N) is 2. The van der Waals surface area contributed by atoms with E-state index in [9.17, 15) is 9.59 Å². The number of aromatic nitrogens is 3. The van der Waals surface area contributed by atoms with E-state index in [-0.39, 0.29) is 17.9 Å². The first-order valence-electron chi connectivity index (χ1n) is 6.51. The van der Waals surface area contributed by atoms with Crippen LogP contribution in [0.25, 0.3) is 20.5 Å². The van der Waals surface area contributed by atoms with Gasteiger partial charge in [0.15, 0.2) is 5.78 Å². The molecule has 0 bridgehead atoms. The number of hydrogen-bond donors (Lipinski definition) is 2. The van der Waals surface area contributed by atoms with Crippen LogP contribution in [0.2, 0.25) is 0 Å². The first kappa shape index (κ1) is 14.5. The van der Waals surface area contributed by atoms with E-state index in [1.807, 2.05) is 16.7 Å². The molecule has 0 radical (unpaired) electrons. The second kappa shape index (κ2) is 5.52. The Kier molecular flexibility index (Phi) is 3.64. The summed E-state index contributed by atoms with van der Waals surface area (Å²) in [5.41, 5.74) is 2.14. The van der Waals surface area contributed by atoms with Crippen LogP contribution in [0.15, 0.2) is 23.3 Å². The lowest BCUT2D eigenvalue weighted by Gasteiger charge is -2.15. The SMILES string of the molecule is O=C1CNCc2c1[nH]c(=O)c1sc(-c3cnn(PI)c3)cc21. The van der Waals surface area contributed by atoms with E-state index in [1.54, 1.807) is 6.20 Å². The van der Waals surface area contributed by atoms with Crippen molar-refractivity contribution in [1.29, 1.82) is 0 Å². The number of pyridine rings is 1. The van der Waals surface area contributed by atoms with Crippen LogP contribution in [0.5, 0.6) is 0 Å². The number of Topliss-reactive ketones (excluding diaryl/α,β-unsaturated/α-hetero) is 1. The predicted molar refractivity (Wildman–Crippen MR) is 97.4 cm³/mol. The largest absolute Gasteiger partial charge is 0.318 e. The van der Waals surface area contributed by atoms with E-state index in [2.05, 4.69) is 37.4 Å². The highest BCUT2D eigenvalue weighted by atomic mass is 127. The molecule has 1 atom stereocenters. The second-order valence-electron chi connectivity index (χ2n) is 4.95. The number of carbonyl (C=O) groups is 1. The zero-order valence-corrected chi connectivity index (χ0v) is 15.1. The van der Waals surface area contributed by atoms with Crippen molar-refractivity contribution in [3.05, 3.63) is 40.1 Å². The average Bonchev–Trinajstić information content (AvgIpc) is 3.15. The van der Waals surface area contributed by atoms with Crippen LogP contribution in [-0.2, 0) is 6.54 Å². The molecule has 9 heteroatoms. The Morgan fingerprint density at radius 1 is 1.36 bits per heavy atom. The highest BCUT2D eigenvalue weighted by Crippen LogP contribution is 2.35. The predicted octanol–water partition coefficient (Wildman–Crippen LogP) is 2.53. The number of aromatic amines is 1. The number of halogens is 1. The zero-order chi connectivity index (χ0) is 15.3. The van der Waals surface area contributed by atoms with Crippen molar-refractivity contribution in [3.8, 4) is 10.4 Å². The molecule has 0 fully saturated rings. The summed E-state index contributed by atoms with van der Waals surface area (Å²) < 4.78 is 2.53. The van der Waals surface area contributed by atoms with Crippen LogP contribution in [0.1, 0.15) is 16.1 Å². The molecule has 22 heavy (non-hydrogen) atoms. The normalized spacial score (nSPS) is 15.0. The van der Waals surface area contributed by atoms with Gasteiger partial charge >= 0.3 is 0 Å². The van der Waals surface area contributed by atoms with Crippen molar-refractivity contribution < 1.29 is 4.79 Å². The molecule has 1 aliphatic heterocycles. The lowest BCUT2D eigenvalue weighted by Crippen LogP contribution is -2.32. The summed E-state index contributed by atoms with van der Waals surface area (Å²) in [6.07, 6.45) is 4.32. The van der Waals surface area contributed by atoms with Gasteiger partial charge in [-0.2, -0.15) is 5.10 Å². The topological polar surface area (TPSA) is 79.8 Å². The lowest BCUT2D eigenvalue weighted by molar-refractivity contribution is 0.0977. The van der Waals surface area contributed by atoms with Gasteiger partial charge in [-0.25, -0.2) is 4.45 Å². The number of fused-ring (bicyclic) bond motifs is 3. The number of ketones is 1. The molecule has 0 amide bonds. The van der Waals surface area contributed by atoms with Crippen molar-refractivity contribution in [1.82, 2.24) is 19.9 Å². The molecule has 0 aliphatic carbocycles. The van der Waals surface area contributed by atoms with E-state index < -0.39 is 0 Å². The minimum atomic E-state index is -0.191. The van der Waals surface area contributed by atoms with Crippen molar-refractivity contribution in [2.45, 2.75) is 6.54 Å². The fraction of sp³-hybridized carbons (Fsp3) is 0.154. The molecule has 0 aromatic carbocycles. The maximum absolute atomic E-state index is 12.3. The number of rotatable bonds is 2. The van der Waals surface area contributed by atoms with Gasteiger partial charge in [-0.1, -0.05) is 0 Å². The highest BCUT2D eigenvalue weighted by molar-refractivity contribution is 14.2. The van der Waals surface area contributed by atoms with Gasteiger partial charge in [0.05, 0.1) is 24.8 Å². The minimum absolute atomic E-state index is 0.0630. The van der Waals surface area contributed by atoms with Gasteiger partial charge in [-0.3, -0.25) is 9.59 Å². The van der Waals surface area contributed by atoms with Gasteiger partial charge in [-0.05, 0) is 28.1 Å². The van der Waals surface area contributed by atoms with Gasteiger partial charge in [0, 0.05) is 34.1 Å². The van der Waals surface area contributed by atoms with E-state index >= 15 is 0 Å². The third-order valence-electron chi connectivity index (χ3n) is 3.62. The molecular formula is C13H10IN4O2PS. The zero-order valence-electron chi connectivity index (χ0n) is 11.1. The Morgan fingerprint density at radius 2 is 2.23 bits per heavy atom. The average molecular weight is 444 g/mol. The fourth-order valence-electron chi connectivity index (χ4n) is 2.61. The standard InChI is InChI=1S/C13H10IN4O2PS/c14-21-18-5-6(2-16-18)10-1-7-8-3-15-4-9(19)11(8)17-13(20)12(7)22-10/h1-2,5,15,21H,3-4H2,(H,17,20). The van der Waals surface area contributed by atoms with E-state index in [0.29, 0.717) is 23.3 Å². The van der Waals surface area contributed by atoms with Crippen molar-refractivity contribution in [2.75, 3.05) is 6.54 Å². The smallest absolute Gasteiger partial charge is 0.266 e. The lowest BCUT2D eigenvalue weighted by atomic mass is 10.0. The van der Waals surface area contributed by atoms with Crippen LogP contribution in [0, 0.1) is 0 Å². The van der Waals surface area contributed by atoms with E-state index in [1.165, 1.54) is 11.3 Å². The molecule has 4 heterocycles. The van der Waals surface area contributed by atoms with Crippen molar-refractivity contribution in [2.24, 2.45) is 0 Å². The molecular weight excluding hydrogens is 434 g/mol. The molecule has 2 N–H and O–H groups in total. The number of H-pyrrole nitrogens is 1. The Morgan fingerprint density at radius 3 is 3.00 bits per heavy atom. The second-order valence-corrected chi connectivity index (χ2v) is 8.07. The van der Waals surface area contributed by atoms with Gasteiger partial charge in [-0.15, -0.1) is 11.3 Å². The van der Waals surface area contributed by atoms with Gasteiger partial charge in [0.1, 0.15) is 4.70 Å². The summed E-state index contributed by atoms with van der Waals surface area (Å²) >= 11 is 3.71. The molecule has 0 saturated heterocycles. The molecule has 1 unspecified atom stereocenters. The van der Waals surface area contributed by atoms with Crippen LogP contribution in [-0.4, -0.2) is 26.9 Å². The number of hydrogen-bond acceptors (Lipinski definition) is 5. The van der Waals surface area contributed by atoms with Gasteiger partial charge in [0.25, 0.3) is 5.56 Å². The van der Waals surface area contributed by atoms with Crippen LogP contribution in [0.3, 0.4) is 0 Å². The molecule has 3 aromatic heterocycles. The molecule has 1 aliphatic rings. The van der Waals surface area contributed by atoms with E-state index in [4.69, 9.17) is 0 Å². The highest BCUT2D eigenvalue weighted by Gasteiger charge is 2.22. The maximum Gasteiger partial charge on any atom is 0.266 e. The molecule has 6 nitrogen and oxygen atoms in total. The Bertz CT molecular complexity index is 961. The van der Waals surface area contributed by atoms with Crippen molar-refractivity contribution >= 4 is 55.6 Å². The Labute approximate surface area is 143 Å². The van der Waals surface area contributed by atoms with Gasteiger partial charge < -0.3 is 10.3 Å².